The zero-order valence-electron chi connectivity index (χ0n) is 11.7. The largest absolute Gasteiger partial charge is 0.510 e. The molecule has 0 unspecified atom stereocenters. The predicted octanol–water partition coefficient (Wildman–Crippen LogP) is 3.18. The van der Waals surface area contributed by atoms with Crippen molar-refractivity contribution in [2.45, 2.75) is 12.8 Å². The summed E-state index contributed by atoms with van der Waals surface area (Å²) in [4.78, 5) is 16.1. The first-order valence-electron chi connectivity index (χ1n) is 6.88. The second kappa shape index (κ2) is 5.77. The van der Waals surface area contributed by atoms with E-state index in [9.17, 15) is 15.0 Å². The number of fused-ring (bicyclic) bond motifs is 1. The number of nitrogens with zero attached hydrogens (tertiary/aromatic N) is 1. The van der Waals surface area contributed by atoms with Crippen LogP contribution >= 0.6 is 0 Å². The van der Waals surface area contributed by atoms with E-state index in [0.29, 0.717) is 17.6 Å². The van der Waals surface area contributed by atoms with Crippen LogP contribution in [-0.2, 0) is 0 Å². The number of amides is 2. The quantitative estimate of drug-likeness (QED) is 0.640. The highest BCUT2D eigenvalue weighted by Gasteiger charge is 2.13. The lowest BCUT2D eigenvalue weighted by molar-refractivity contribution is 0.253. The van der Waals surface area contributed by atoms with E-state index >= 15 is 0 Å². The molecule has 1 aliphatic carbocycles. The summed E-state index contributed by atoms with van der Waals surface area (Å²) < 4.78 is 0. The second-order valence-electron chi connectivity index (χ2n) is 4.92. The molecule has 0 radical (unpaired) electrons. The predicted molar refractivity (Wildman–Crippen MR) is 83.6 cm³/mol. The number of aliphatic hydroxyl groups excluding tert-OH is 1. The number of carbonyl (C=O) groups is 1. The lowest BCUT2D eigenvalue weighted by Crippen LogP contribution is -2.29. The number of aromatic nitrogens is 1. The second-order valence-corrected chi connectivity index (χ2v) is 4.92. The summed E-state index contributed by atoms with van der Waals surface area (Å²) in [5.41, 5.74) is 1.03. The Morgan fingerprint density at radius 2 is 2.05 bits per heavy atom. The number of anilines is 1. The molecule has 1 aliphatic rings. The van der Waals surface area contributed by atoms with Gasteiger partial charge in [0.2, 0.25) is 0 Å². The van der Waals surface area contributed by atoms with Gasteiger partial charge in [-0.1, -0.05) is 18.2 Å². The van der Waals surface area contributed by atoms with Crippen LogP contribution in [-0.4, -0.2) is 21.2 Å². The Bertz CT molecular complexity index is 796. The monoisotopic (exact) mass is 297 g/mol. The number of aromatic hydroxyl groups is 1. The summed E-state index contributed by atoms with van der Waals surface area (Å²) in [7, 11) is 0. The van der Waals surface area contributed by atoms with Crippen molar-refractivity contribution in [3.05, 3.63) is 54.1 Å². The van der Waals surface area contributed by atoms with Crippen molar-refractivity contribution in [2.75, 3.05) is 5.32 Å². The number of nitrogens with one attached hydrogen (secondary N) is 2. The fraction of sp³-hybridized carbons (Fsp3) is 0.125. The maximum Gasteiger partial charge on any atom is 0.323 e. The summed E-state index contributed by atoms with van der Waals surface area (Å²) in [6, 6.07) is 6.41. The lowest BCUT2D eigenvalue weighted by Gasteiger charge is -2.14. The van der Waals surface area contributed by atoms with Gasteiger partial charge in [0.15, 0.2) is 5.75 Å². The van der Waals surface area contributed by atoms with E-state index < -0.39 is 6.03 Å². The number of hydrogen-bond donors (Lipinski definition) is 4. The Kier molecular flexibility index (Phi) is 3.65. The van der Waals surface area contributed by atoms with Gasteiger partial charge in [-0.15, -0.1) is 0 Å². The van der Waals surface area contributed by atoms with Crippen LogP contribution in [0.1, 0.15) is 12.8 Å². The molecule has 6 nitrogen and oxygen atoms in total. The molecule has 1 aromatic carbocycles. The van der Waals surface area contributed by atoms with Gasteiger partial charge < -0.3 is 20.8 Å². The maximum absolute atomic E-state index is 12.0. The molecule has 0 spiro atoms. The third-order valence-corrected chi connectivity index (χ3v) is 3.39. The van der Waals surface area contributed by atoms with Gasteiger partial charge in [-0.3, -0.25) is 4.98 Å². The van der Waals surface area contributed by atoms with Crippen LogP contribution < -0.4 is 10.6 Å². The molecular weight excluding hydrogens is 282 g/mol. The molecule has 0 fully saturated rings. The van der Waals surface area contributed by atoms with E-state index in [-0.39, 0.29) is 17.2 Å². The minimum Gasteiger partial charge on any atom is -0.510 e. The van der Waals surface area contributed by atoms with E-state index in [4.69, 9.17) is 0 Å². The average molecular weight is 297 g/mol. The highest BCUT2D eigenvalue weighted by molar-refractivity contribution is 5.97. The van der Waals surface area contributed by atoms with Crippen LogP contribution in [0.25, 0.3) is 10.9 Å². The number of rotatable bonds is 2. The number of hydrogen-bond acceptors (Lipinski definition) is 4. The molecule has 2 aromatic rings. The van der Waals surface area contributed by atoms with E-state index in [1.807, 2.05) is 12.1 Å². The van der Waals surface area contributed by atoms with E-state index in [1.54, 1.807) is 30.5 Å². The van der Waals surface area contributed by atoms with Gasteiger partial charge >= 0.3 is 6.03 Å². The molecule has 0 saturated carbocycles. The fourth-order valence-electron chi connectivity index (χ4n) is 2.27. The van der Waals surface area contributed by atoms with E-state index in [2.05, 4.69) is 15.6 Å². The Balaban J connectivity index is 1.80. The Morgan fingerprint density at radius 1 is 1.18 bits per heavy atom. The molecule has 2 amide bonds. The first kappa shape index (κ1) is 13.9. The number of aliphatic hydroxyl groups is 1. The van der Waals surface area contributed by atoms with Crippen molar-refractivity contribution in [3.8, 4) is 5.75 Å². The van der Waals surface area contributed by atoms with E-state index in [1.165, 1.54) is 0 Å². The zero-order valence-corrected chi connectivity index (χ0v) is 11.7. The van der Waals surface area contributed by atoms with Gasteiger partial charge in [-0.2, -0.15) is 0 Å². The van der Waals surface area contributed by atoms with E-state index in [0.717, 1.165) is 11.8 Å². The van der Waals surface area contributed by atoms with Crippen molar-refractivity contribution in [3.63, 3.8) is 0 Å². The van der Waals surface area contributed by atoms with Crippen LogP contribution in [0.15, 0.2) is 54.1 Å². The van der Waals surface area contributed by atoms with Gasteiger partial charge in [-0.05, 0) is 24.6 Å². The molecular formula is C16H15N3O3. The van der Waals surface area contributed by atoms with Gasteiger partial charge in [0, 0.05) is 18.0 Å². The smallest absolute Gasteiger partial charge is 0.323 e. The van der Waals surface area contributed by atoms with Crippen molar-refractivity contribution >= 4 is 22.6 Å². The van der Waals surface area contributed by atoms with Crippen LogP contribution in [0, 0.1) is 0 Å². The third kappa shape index (κ3) is 2.71. The SMILES string of the molecule is O=C(NC1=C(O)CCC=C1)Nc1ccc2cccnc2c1O. The van der Waals surface area contributed by atoms with Crippen molar-refractivity contribution in [1.29, 1.82) is 0 Å². The summed E-state index contributed by atoms with van der Waals surface area (Å²) in [6.07, 6.45) is 6.33. The van der Waals surface area contributed by atoms with Crippen molar-refractivity contribution in [1.82, 2.24) is 10.3 Å². The standard InChI is InChI=1S/C16H15N3O3/c20-13-6-2-1-5-11(13)18-16(22)19-12-8-7-10-4-3-9-17-14(10)15(12)21/h1,3-5,7-9,20-21H,2,6H2,(H2,18,19,22). The molecule has 0 aliphatic heterocycles. The van der Waals surface area contributed by atoms with Gasteiger partial charge in [0.25, 0.3) is 0 Å². The molecule has 4 N–H and O–H groups in total. The topological polar surface area (TPSA) is 94.5 Å². The number of pyridine rings is 1. The minimum absolute atomic E-state index is 0.0920. The highest BCUT2D eigenvalue weighted by atomic mass is 16.3. The Hall–Kier alpha value is -3.02. The summed E-state index contributed by atoms with van der Waals surface area (Å²) in [5, 5.41) is 25.8. The fourth-order valence-corrected chi connectivity index (χ4v) is 2.27. The molecule has 3 rings (SSSR count). The normalized spacial score (nSPS) is 14.2. The lowest BCUT2D eigenvalue weighted by atomic mass is 10.1. The maximum atomic E-state index is 12.0. The molecule has 112 valence electrons. The molecule has 0 saturated heterocycles. The number of benzene rings is 1. The Labute approximate surface area is 126 Å². The first-order chi connectivity index (χ1) is 10.6. The van der Waals surface area contributed by atoms with Crippen LogP contribution in [0.4, 0.5) is 10.5 Å². The molecule has 6 heteroatoms. The highest BCUT2D eigenvalue weighted by Crippen LogP contribution is 2.30. The van der Waals surface area contributed by atoms with Gasteiger partial charge in [0.1, 0.15) is 11.3 Å². The molecule has 1 heterocycles. The van der Waals surface area contributed by atoms with Crippen LogP contribution in [0.2, 0.25) is 0 Å². The van der Waals surface area contributed by atoms with Crippen LogP contribution in [0.5, 0.6) is 5.75 Å². The summed E-state index contributed by atoms with van der Waals surface area (Å²) in [5.74, 6) is 0.0488. The summed E-state index contributed by atoms with van der Waals surface area (Å²) >= 11 is 0. The average Bonchev–Trinajstić information content (AvgIpc) is 2.53. The van der Waals surface area contributed by atoms with Crippen molar-refractivity contribution in [2.24, 2.45) is 0 Å². The van der Waals surface area contributed by atoms with Gasteiger partial charge in [-0.25, -0.2) is 4.79 Å². The zero-order chi connectivity index (χ0) is 15.5. The minimum atomic E-state index is -0.543. The van der Waals surface area contributed by atoms with Crippen molar-refractivity contribution < 1.29 is 15.0 Å². The number of phenolic OH excluding ortho intramolecular Hbond substituents is 1. The molecule has 0 bridgehead atoms. The third-order valence-electron chi connectivity index (χ3n) is 3.39. The Morgan fingerprint density at radius 3 is 2.86 bits per heavy atom. The van der Waals surface area contributed by atoms with Gasteiger partial charge in [0.05, 0.1) is 11.4 Å². The number of carbonyl (C=O) groups excluding carboxylic acids is 1. The number of allylic oxidation sites excluding steroid dienone is 3. The molecule has 1 aromatic heterocycles. The number of phenols is 1. The first-order valence-corrected chi connectivity index (χ1v) is 6.88. The number of urea groups is 1. The van der Waals surface area contributed by atoms with Crippen LogP contribution in [0.3, 0.4) is 0 Å². The summed E-state index contributed by atoms with van der Waals surface area (Å²) in [6.45, 7) is 0. The molecule has 22 heavy (non-hydrogen) atoms. The molecule has 0 atom stereocenters.